The predicted octanol–water partition coefficient (Wildman–Crippen LogP) is 4.79. The van der Waals surface area contributed by atoms with E-state index in [0.29, 0.717) is 5.56 Å². The Morgan fingerprint density at radius 2 is 1.80 bits per heavy atom. The second kappa shape index (κ2) is 6.77. The minimum Gasteiger partial charge on any atom is -0.490 e. The van der Waals surface area contributed by atoms with Gasteiger partial charge in [-0.15, -0.1) is 0 Å². The molecule has 0 heterocycles. The van der Waals surface area contributed by atoms with Gasteiger partial charge in [0.1, 0.15) is 5.75 Å². The third-order valence-electron chi connectivity index (χ3n) is 3.24. The molecule has 2 aromatic rings. The average molecular weight is 265 g/mol. The lowest BCUT2D eigenvalue weighted by molar-refractivity contribution is 0.211. The summed E-state index contributed by atoms with van der Waals surface area (Å²) in [4.78, 5) is 0. The van der Waals surface area contributed by atoms with Gasteiger partial charge in [-0.2, -0.15) is 5.26 Å². The molecule has 2 nitrogen and oxygen atoms in total. The van der Waals surface area contributed by atoms with Crippen molar-refractivity contribution in [2.24, 2.45) is 0 Å². The van der Waals surface area contributed by atoms with Crippen molar-refractivity contribution in [3.05, 3.63) is 54.1 Å². The first-order valence-corrected chi connectivity index (χ1v) is 7.00. The van der Waals surface area contributed by atoms with Crippen molar-refractivity contribution in [2.75, 3.05) is 0 Å². The number of nitrogens with zero attached hydrogens (tertiary/aromatic N) is 1. The fourth-order valence-corrected chi connectivity index (χ4v) is 2.21. The monoisotopic (exact) mass is 265 g/mol. The molecule has 0 aliphatic rings. The molecule has 2 heteroatoms. The maximum atomic E-state index is 8.86. The second-order valence-corrected chi connectivity index (χ2v) is 4.90. The summed E-state index contributed by atoms with van der Waals surface area (Å²) in [6, 6.07) is 17.8. The molecule has 102 valence electrons. The summed E-state index contributed by atoms with van der Waals surface area (Å²) >= 11 is 0. The van der Waals surface area contributed by atoms with Gasteiger partial charge in [0, 0.05) is 5.56 Å². The van der Waals surface area contributed by atoms with E-state index < -0.39 is 0 Å². The van der Waals surface area contributed by atoms with Gasteiger partial charge in [0.15, 0.2) is 0 Å². The molecule has 1 unspecified atom stereocenters. The van der Waals surface area contributed by atoms with Crippen molar-refractivity contribution in [3.8, 4) is 22.9 Å². The van der Waals surface area contributed by atoms with Gasteiger partial charge in [-0.05, 0) is 37.1 Å². The van der Waals surface area contributed by atoms with E-state index in [2.05, 4.69) is 26.0 Å². The molecule has 0 radical (unpaired) electrons. The Balaban J connectivity index is 2.29. The maximum Gasteiger partial charge on any atom is 0.127 e. The van der Waals surface area contributed by atoms with E-state index in [0.717, 1.165) is 29.7 Å². The number of nitriles is 1. The van der Waals surface area contributed by atoms with Gasteiger partial charge >= 0.3 is 0 Å². The van der Waals surface area contributed by atoms with Gasteiger partial charge in [-0.1, -0.05) is 43.7 Å². The fourth-order valence-electron chi connectivity index (χ4n) is 2.21. The van der Waals surface area contributed by atoms with Crippen LogP contribution in [0.5, 0.6) is 5.75 Å². The number of hydrogen-bond acceptors (Lipinski definition) is 2. The highest BCUT2D eigenvalue weighted by Crippen LogP contribution is 2.31. The Morgan fingerprint density at radius 3 is 2.45 bits per heavy atom. The SMILES string of the molecule is CCCC(C)Oc1ccccc1-c1ccc(C#N)cc1. The first-order chi connectivity index (χ1) is 9.74. The molecule has 0 aromatic heterocycles. The first-order valence-electron chi connectivity index (χ1n) is 7.00. The lowest BCUT2D eigenvalue weighted by Crippen LogP contribution is -2.11. The normalized spacial score (nSPS) is 11.7. The summed E-state index contributed by atoms with van der Waals surface area (Å²) in [5, 5.41) is 8.86. The molecule has 2 rings (SSSR count). The molecule has 2 aromatic carbocycles. The van der Waals surface area contributed by atoms with Crippen LogP contribution < -0.4 is 4.74 Å². The molecular weight excluding hydrogens is 246 g/mol. The molecular formula is C18H19NO. The summed E-state index contributed by atoms with van der Waals surface area (Å²) in [5.74, 6) is 0.901. The first kappa shape index (κ1) is 14.1. The predicted molar refractivity (Wildman–Crippen MR) is 81.6 cm³/mol. The Morgan fingerprint density at radius 1 is 1.10 bits per heavy atom. The minimum atomic E-state index is 0.208. The van der Waals surface area contributed by atoms with Gasteiger partial charge in [-0.25, -0.2) is 0 Å². The van der Waals surface area contributed by atoms with Crippen LogP contribution in [0.2, 0.25) is 0 Å². The smallest absolute Gasteiger partial charge is 0.127 e. The van der Waals surface area contributed by atoms with Gasteiger partial charge in [0.05, 0.1) is 17.7 Å². The molecule has 0 bridgehead atoms. The topological polar surface area (TPSA) is 33.0 Å². The van der Waals surface area contributed by atoms with Gasteiger partial charge in [0.2, 0.25) is 0 Å². The summed E-state index contributed by atoms with van der Waals surface area (Å²) in [6.07, 6.45) is 2.36. The molecule has 0 fully saturated rings. The maximum absolute atomic E-state index is 8.86. The molecule has 0 N–H and O–H groups in total. The quantitative estimate of drug-likeness (QED) is 0.778. The third kappa shape index (κ3) is 3.39. The third-order valence-corrected chi connectivity index (χ3v) is 3.24. The zero-order valence-electron chi connectivity index (χ0n) is 12.0. The van der Waals surface area contributed by atoms with Crippen LogP contribution in [0, 0.1) is 11.3 Å². The summed E-state index contributed by atoms with van der Waals surface area (Å²) in [6.45, 7) is 4.26. The number of rotatable bonds is 5. The fraction of sp³-hybridized carbons (Fsp3) is 0.278. The molecule has 0 aliphatic heterocycles. The standard InChI is InChI=1S/C18H19NO/c1-3-6-14(2)20-18-8-5-4-7-17(18)16-11-9-15(13-19)10-12-16/h4-5,7-12,14H,3,6H2,1-2H3. The molecule has 1 atom stereocenters. The van der Waals surface area contributed by atoms with Crippen LogP contribution in [0.3, 0.4) is 0 Å². The number of benzene rings is 2. The van der Waals surface area contributed by atoms with Gasteiger partial charge in [0.25, 0.3) is 0 Å². The van der Waals surface area contributed by atoms with Crippen LogP contribution in [0.4, 0.5) is 0 Å². The minimum absolute atomic E-state index is 0.208. The zero-order chi connectivity index (χ0) is 14.4. The highest BCUT2D eigenvalue weighted by atomic mass is 16.5. The van der Waals surface area contributed by atoms with E-state index in [4.69, 9.17) is 10.00 Å². The average Bonchev–Trinajstić information content (AvgIpc) is 2.48. The van der Waals surface area contributed by atoms with Crippen molar-refractivity contribution >= 4 is 0 Å². The van der Waals surface area contributed by atoms with E-state index in [-0.39, 0.29) is 6.10 Å². The molecule has 20 heavy (non-hydrogen) atoms. The number of ether oxygens (including phenoxy) is 1. The lowest BCUT2D eigenvalue weighted by Gasteiger charge is -2.17. The highest BCUT2D eigenvalue weighted by Gasteiger charge is 2.09. The van der Waals surface area contributed by atoms with E-state index in [9.17, 15) is 0 Å². The number of hydrogen-bond donors (Lipinski definition) is 0. The highest BCUT2D eigenvalue weighted by molar-refractivity contribution is 5.70. The van der Waals surface area contributed by atoms with Crippen molar-refractivity contribution in [1.29, 1.82) is 5.26 Å². The summed E-state index contributed by atoms with van der Waals surface area (Å²) in [7, 11) is 0. The Bertz CT molecular complexity index is 596. The Hall–Kier alpha value is -2.27. The molecule has 0 amide bonds. The van der Waals surface area contributed by atoms with E-state index in [1.54, 1.807) is 0 Å². The number of para-hydroxylation sites is 1. The molecule has 0 saturated carbocycles. The van der Waals surface area contributed by atoms with E-state index in [1.807, 2.05) is 42.5 Å². The van der Waals surface area contributed by atoms with Gasteiger partial charge < -0.3 is 4.74 Å². The van der Waals surface area contributed by atoms with Gasteiger partial charge in [-0.3, -0.25) is 0 Å². The molecule has 0 saturated heterocycles. The Labute approximate surface area is 120 Å². The zero-order valence-corrected chi connectivity index (χ0v) is 12.0. The summed E-state index contributed by atoms with van der Waals surface area (Å²) < 4.78 is 6.03. The summed E-state index contributed by atoms with van der Waals surface area (Å²) in [5.41, 5.74) is 2.81. The van der Waals surface area contributed by atoms with Crippen LogP contribution in [0.1, 0.15) is 32.3 Å². The van der Waals surface area contributed by atoms with Crippen molar-refractivity contribution in [2.45, 2.75) is 32.8 Å². The molecule has 0 spiro atoms. The second-order valence-electron chi connectivity index (χ2n) is 4.90. The van der Waals surface area contributed by atoms with Crippen molar-refractivity contribution < 1.29 is 4.74 Å². The van der Waals surface area contributed by atoms with Crippen LogP contribution in [0.15, 0.2) is 48.5 Å². The van der Waals surface area contributed by atoms with Crippen molar-refractivity contribution in [1.82, 2.24) is 0 Å². The van der Waals surface area contributed by atoms with Crippen LogP contribution in [-0.4, -0.2) is 6.10 Å². The lowest BCUT2D eigenvalue weighted by atomic mass is 10.0. The van der Waals surface area contributed by atoms with E-state index >= 15 is 0 Å². The van der Waals surface area contributed by atoms with Crippen LogP contribution in [0.25, 0.3) is 11.1 Å². The van der Waals surface area contributed by atoms with Crippen molar-refractivity contribution in [3.63, 3.8) is 0 Å². The van der Waals surface area contributed by atoms with Crippen LogP contribution >= 0.6 is 0 Å². The largest absolute Gasteiger partial charge is 0.490 e. The van der Waals surface area contributed by atoms with E-state index in [1.165, 1.54) is 0 Å². The molecule has 0 aliphatic carbocycles. The van der Waals surface area contributed by atoms with Crippen LogP contribution in [-0.2, 0) is 0 Å². The Kier molecular flexibility index (Phi) is 4.79.